The summed E-state index contributed by atoms with van der Waals surface area (Å²) in [7, 11) is 0. The Bertz CT molecular complexity index is 570. The number of benzene rings is 1. The Kier molecular flexibility index (Phi) is 3.67. The molecule has 1 aromatic carbocycles. The van der Waals surface area contributed by atoms with Crippen molar-refractivity contribution in [2.24, 2.45) is 0 Å². The number of ether oxygens (including phenoxy) is 2. The zero-order chi connectivity index (χ0) is 13.2. The van der Waals surface area contributed by atoms with Gasteiger partial charge in [-0.3, -0.25) is 4.57 Å². The Labute approximate surface area is 112 Å². The second-order valence-corrected chi connectivity index (χ2v) is 5.00. The third kappa shape index (κ3) is 2.58. The molecule has 102 valence electrons. The summed E-state index contributed by atoms with van der Waals surface area (Å²) in [5.74, 6) is 0.454. The van der Waals surface area contributed by atoms with Crippen LogP contribution in [0.15, 0.2) is 29.4 Å². The highest BCUT2D eigenvalue weighted by Crippen LogP contribution is 2.30. The number of rotatable bonds is 4. The van der Waals surface area contributed by atoms with Crippen LogP contribution in [0.5, 0.6) is 0 Å². The van der Waals surface area contributed by atoms with Crippen molar-refractivity contribution in [3.8, 4) is 0 Å². The van der Waals surface area contributed by atoms with E-state index in [2.05, 4.69) is 4.98 Å². The summed E-state index contributed by atoms with van der Waals surface area (Å²) in [5.41, 5.74) is 1.01. The Morgan fingerprint density at radius 2 is 2.05 bits per heavy atom. The molecule has 1 aliphatic rings. The predicted molar refractivity (Wildman–Crippen MR) is 67.4 cm³/mol. The van der Waals surface area contributed by atoms with E-state index in [1.807, 2.05) is 0 Å². The number of para-hydroxylation sites is 2. The van der Waals surface area contributed by atoms with E-state index in [-0.39, 0.29) is 11.4 Å². The molecule has 1 saturated heterocycles. The first kappa shape index (κ1) is 12.8. The predicted octanol–water partition coefficient (Wildman–Crippen LogP) is 2.90. The summed E-state index contributed by atoms with van der Waals surface area (Å²) in [4.78, 5) is 4.23. The second-order valence-electron chi connectivity index (χ2n) is 4.01. The molecule has 19 heavy (non-hydrogen) atoms. The summed E-state index contributed by atoms with van der Waals surface area (Å²) in [5, 5.41) is 0.287. The zero-order valence-electron chi connectivity index (χ0n) is 9.96. The van der Waals surface area contributed by atoms with Crippen LogP contribution in [0.4, 0.5) is 8.78 Å². The van der Waals surface area contributed by atoms with E-state index in [0.29, 0.717) is 30.0 Å². The van der Waals surface area contributed by atoms with E-state index in [9.17, 15) is 8.78 Å². The molecule has 1 aromatic heterocycles. The van der Waals surface area contributed by atoms with Gasteiger partial charge in [0.2, 0.25) is 0 Å². The minimum atomic E-state index is -2.61. The molecule has 1 fully saturated rings. The number of hydrogen-bond donors (Lipinski definition) is 0. The van der Waals surface area contributed by atoms with E-state index in [4.69, 9.17) is 9.47 Å². The van der Waals surface area contributed by atoms with Crippen LogP contribution in [-0.2, 0) is 9.47 Å². The molecular formula is C12H12F2N2O2S. The number of alkyl halides is 2. The first-order valence-electron chi connectivity index (χ1n) is 5.87. The van der Waals surface area contributed by atoms with Gasteiger partial charge in [0.05, 0.1) is 30.0 Å². The summed E-state index contributed by atoms with van der Waals surface area (Å²) in [6.45, 7) is -1.51. The maximum absolute atomic E-state index is 13.1. The molecule has 0 radical (unpaired) electrons. The summed E-state index contributed by atoms with van der Waals surface area (Å²) < 4.78 is 37.8. The van der Waals surface area contributed by atoms with E-state index < -0.39 is 6.55 Å². The maximum atomic E-state index is 13.1. The van der Waals surface area contributed by atoms with Gasteiger partial charge in [0, 0.05) is 0 Å². The van der Waals surface area contributed by atoms with Crippen molar-refractivity contribution in [1.29, 1.82) is 0 Å². The quantitative estimate of drug-likeness (QED) is 0.810. The third-order valence-corrected chi connectivity index (χ3v) is 3.78. The summed E-state index contributed by atoms with van der Waals surface area (Å²) in [6, 6.07) is 6.87. The number of nitrogens with zero attached hydrogens (tertiary/aromatic N) is 2. The van der Waals surface area contributed by atoms with Crippen LogP contribution >= 0.6 is 11.8 Å². The summed E-state index contributed by atoms with van der Waals surface area (Å²) >= 11 is 1.22. The number of imidazole rings is 1. The SMILES string of the molecule is FC(F)n1c(SCC2OCCO2)nc2ccccc21. The molecule has 0 saturated carbocycles. The van der Waals surface area contributed by atoms with Gasteiger partial charge >= 0.3 is 6.55 Å². The maximum Gasteiger partial charge on any atom is 0.321 e. The van der Waals surface area contributed by atoms with Crippen molar-refractivity contribution >= 4 is 22.8 Å². The summed E-state index contributed by atoms with van der Waals surface area (Å²) in [6.07, 6.45) is -0.337. The van der Waals surface area contributed by atoms with Crippen LogP contribution in [0.2, 0.25) is 0 Å². The van der Waals surface area contributed by atoms with Crippen LogP contribution in [0.3, 0.4) is 0 Å². The molecule has 0 aliphatic carbocycles. The minimum absolute atomic E-state index is 0.287. The minimum Gasteiger partial charge on any atom is -0.349 e. The van der Waals surface area contributed by atoms with Crippen LogP contribution < -0.4 is 0 Å². The Hall–Kier alpha value is -1.18. The van der Waals surface area contributed by atoms with E-state index in [0.717, 1.165) is 4.57 Å². The molecule has 2 heterocycles. The van der Waals surface area contributed by atoms with Crippen molar-refractivity contribution in [2.45, 2.75) is 18.0 Å². The molecule has 0 bridgehead atoms. The van der Waals surface area contributed by atoms with Crippen molar-refractivity contribution in [3.05, 3.63) is 24.3 Å². The van der Waals surface area contributed by atoms with Crippen LogP contribution in [-0.4, -0.2) is 34.8 Å². The topological polar surface area (TPSA) is 36.3 Å². The van der Waals surface area contributed by atoms with Gasteiger partial charge < -0.3 is 9.47 Å². The van der Waals surface area contributed by atoms with Crippen LogP contribution in [0, 0.1) is 0 Å². The highest BCUT2D eigenvalue weighted by atomic mass is 32.2. The van der Waals surface area contributed by atoms with Crippen LogP contribution in [0.25, 0.3) is 11.0 Å². The molecular weight excluding hydrogens is 274 g/mol. The van der Waals surface area contributed by atoms with Gasteiger partial charge in [0.15, 0.2) is 11.4 Å². The zero-order valence-corrected chi connectivity index (χ0v) is 10.8. The molecule has 0 amide bonds. The molecule has 0 unspecified atom stereocenters. The van der Waals surface area contributed by atoms with E-state index in [1.165, 1.54) is 11.8 Å². The number of halogens is 2. The highest BCUT2D eigenvalue weighted by Gasteiger charge is 2.21. The van der Waals surface area contributed by atoms with E-state index >= 15 is 0 Å². The molecule has 0 atom stereocenters. The Balaban J connectivity index is 1.86. The largest absolute Gasteiger partial charge is 0.349 e. The van der Waals surface area contributed by atoms with E-state index in [1.54, 1.807) is 24.3 Å². The van der Waals surface area contributed by atoms with Gasteiger partial charge in [0.1, 0.15) is 0 Å². The van der Waals surface area contributed by atoms with Gasteiger partial charge in [-0.2, -0.15) is 8.78 Å². The van der Waals surface area contributed by atoms with Crippen molar-refractivity contribution < 1.29 is 18.3 Å². The lowest BCUT2D eigenvalue weighted by Gasteiger charge is -2.10. The average Bonchev–Trinajstić information content (AvgIpc) is 3.03. The number of fused-ring (bicyclic) bond motifs is 1. The van der Waals surface area contributed by atoms with Gasteiger partial charge in [-0.1, -0.05) is 23.9 Å². The smallest absolute Gasteiger partial charge is 0.321 e. The molecule has 7 heteroatoms. The second kappa shape index (κ2) is 5.44. The van der Waals surface area contributed by atoms with Gasteiger partial charge in [-0.15, -0.1) is 0 Å². The lowest BCUT2D eigenvalue weighted by atomic mass is 10.3. The first-order valence-corrected chi connectivity index (χ1v) is 6.85. The Morgan fingerprint density at radius 3 is 2.79 bits per heavy atom. The fourth-order valence-electron chi connectivity index (χ4n) is 1.96. The lowest BCUT2D eigenvalue weighted by molar-refractivity contribution is -0.0216. The van der Waals surface area contributed by atoms with Crippen molar-refractivity contribution in [1.82, 2.24) is 9.55 Å². The van der Waals surface area contributed by atoms with Gasteiger partial charge in [-0.05, 0) is 12.1 Å². The Morgan fingerprint density at radius 1 is 1.32 bits per heavy atom. The van der Waals surface area contributed by atoms with Crippen LogP contribution in [0.1, 0.15) is 6.55 Å². The molecule has 4 nitrogen and oxygen atoms in total. The highest BCUT2D eigenvalue weighted by molar-refractivity contribution is 7.99. The monoisotopic (exact) mass is 286 g/mol. The normalized spacial score (nSPS) is 16.8. The number of aromatic nitrogens is 2. The molecule has 1 aliphatic heterocycles. The molecule has 2 aromatic rings. The van der Waals surface area contributed by atoms with Crippen molar-refractivity contribution in [2.75, 3.05) is 19.0 Å². The molecule has 3 rings (SSSR count). The van der Waals surface area contributed by atoms with Crippen molar-refractivity contribution in [3.63, 3.8) is 0 Å². The number of thioether (sulfide) groups is 1. The third-order valence-electron chi connectivity index (χ3n) is 2.80. The van der Waals surface area contributed by atoms with Gasteiger partial charge in [0.25, 0.3) is 0 Å². The fraction of sp³-hybridized carbons (Fsp3) is 0.417. The lowest BCUT2D eigenvalue weighted by Crippen LogP contribution is -2.11. The first-order chi connectivity index (χ1) is 9.25. The fourth-order valence-corrected chi connectivity index (χ4v) is 2.92. The molecule has 0 N–H and O–H groups in total. The standard InChI is InChI=1S/C12H12F2N2O2S/c13-11(14)16-9-4-2-1-3-8(9)15-12(16)19-7-10-17-5-6-18-10/h1-4,10-11H,5-7H2. The van der Waals surface area contributed by atoms with Gasteiger partial charge in [-0.25, -0.2) is 4.98 Å². The average molecular weight is 286 g/mol. The number of hydrogen-bond acceptors (Lipinski definition) is 4. The molecule has 0 spiro atoms.